The number of hydrogen-bond acceptors (Lipinski definition) is 4. The first-order valence-corrected chi connectivity index (χ1v) is 14.2. The predicted molar refractivity (Wildman–Crippen MR) is 150 cm³/mol. The number of amides is 2. The van der Waals surface area contributed by atoms with Gasteiger partial charge in [-0.2, -0.15) is 0 Å². The molecule has 36 heavy (non-hydrogen) atoms. The first-order chi connectivity index (χ1) is 17.1. The van der Waals surface area contributed by atoms with Crippen molar-refractivity contribution in [3.63, 3.8) is 0 Å². The van der Waals surface area contributed by atoms with Crippen LogP contribution in [0.15, 0.2) is 83.8 Å². The van der Waals surface area contributed by atoms with Gasteiger partial charge in [0.1, 0.15) is 12.6 Å². The van der Waals surface area contributed by atoms with Gasteiger partial charge in [-0.15, -0.1) is 0 Å². The zero-order chi connectivity index (χ0) is 26.3. The summed E-state index contributed by atoms with van der Waals surface area (Å²) in [5.41, 5.74) is 1.11. The van der Waals surface area contributed by atoms with Crippen molar-refractivity contribution in [3.8, 4) is 0 Å². The number of anilines is 1. The third-order valence-electron chi connectivity index (χ3n) is 5.51. The molecule has 0 saturated heterocycles. The molecule has 0 aliphatic heterocycles. The van der Waals surface area contributed by atoms with E-state index in [1.165, 1.54) is 17.0 Å². The Bertz CT molecular complexity index is 1290. The van der Waals surface area contributed by atoms with Crippen LogP contribution in [0.2, 0.25) is 5.02 Å². The van der Waals surface area contributed by atoms with Crippen LogP contribution in [0.4, 0.5) is 5.69 Å². The third-order valence-corrected chi connectivity index (χ3v) is 8.27. The highest BCUT2D eigenvalue weighted by Gasteiger charge is 2.32. The van der Waals surface area contributed by atoms with Crippen LogP contribution >= 0.6 is 34.2 Å². The standard InChI is InChI=1S/C26H27ClIN3O4S/c1-3-29-26(33)19(2)30(17-20-9-11-21(27)12-10-20)25(32)18-31(23-15-13-22(28)14-16-23)36(34,35)24-7-5-4-6-8-24/h4-16,19H,3,17-18H2,1-2H3,(H,29,33)/t19-/m0/s1. The zero-order valence-electron chi connectivity index (χ0n) is 19.9. The molecule has 0 aromatic heterocycles. The molecule has 3 rings (SSSR count). The van der Waals surface area contributed by atoms with Crippen molar-refractivity contribution in [2.24, 2.45) is 0 Å². The summed E-state index contributed by atoms with van der Waals surface area (Å²) in [5, 5.41) is 3.28. The average Bonchev–Trinajstić information content (AvgIpc) is 2.87. The molecule has 0 aliphatic rings. The minimum absolute atomic E-state index is 0.0670. The molecule has 3 aromatic carbocycles. The summed E-state index contributed by atoms with van der Waals surface area (Å²) in [6.07, 6.45) is 0. The summed E-state index contributed by atoms with van der Waals surface area (Å²) in [6, 6.07) is 20.9. The van der Waals surface area contributed by atoms with Gasteiger partial charge < -0.3 is 10.2 Å². The van der Waals surface area contributed by atoms with E-state index < -0.39 is 28.5 Å². The monoisotopic (exact) mass is 639 g/mol. The Hall–Kier alpha value is -2.63. The molecule has 0 unspecified atom stereocenters. The van der Waals surface area contributed by atoms with Crippen LogP contribution < -0.4 is 9.62 Å². The zero-order valence-corrected chi connectivity index (χ0v) is 23.6. The minimum atomic E-state index is -4.06. The molecular weight excluding hydrogens is 613 g/mol. The van der Waals surface area contributed by atoms with Crippen LogP contribution in [0, 0.1) is 3.57 Å². The van der Waals surface area contributed by atoms with Crippen molar-refractivity contribution >= 4 is 61.7 Å². The molecule has 0 heterocycles. The van der Waals surface area contributed by atoms with Gasteiger partial charge in [-0.3, -0.25) is 13.9 Å². The first kappa shape index (κ1) is 27.9. The van der Waals surface area contributed by atoms with E-state index in [1.54, 1.807) is 80.6 Å². The maximum absolute atomic E-state index is 13.7. The Morgan fingerprint density at radius 3 is 2.17 bits per heavy atom. The number of hydrogen-bond donors (Lipinski definition) is 1. The second-order valence-electron chi connectivity index (χ2n) is 8.02. The Labute approximate surface area is 230 Å². The largest absolute Gasteiger partial charge is 0.355 e. The molecule has 1 N–H and O–H groups in total. The average molecular weight is 640 g/mol. The smallest absolute Gasteiger partial charge is 0.264 e. The quantitative estimate of drug-likeness (QED) is 0.326. The van der Waals surface area contributed by atoms with Gasteiger partial charge in [-0.05, 0) is 90.5 Å². The van der Waals surface area contributed by atoms with E-state index in [4.69, 9.17) is 11.6 Å². The highest BCUT2D eigenvalue weighted by Crippen LogP contribution is 2.25. The van der Waals surface area contributed by atoms with Crippen molar-refractivity contribution in [1.29, 1.82) is 0 Å². The third kappa shape index (κ3) is 6.98. The molecule has 2 amide bonds. The lowest BCUT2D eigenvalue weighted by atomic mass is 10.1. The SMILES string of the molecule is CCNC(=O)[C@H](C)N(Cc1ccc(Cl)cc1)C(=O)CN(c1ccc(I)cc1)S(=O)(=O)c1ccccc1. The van der Waals surface area contributed by atoms with E-state index in [-0.39, 0.29) is 17.3 Å². The Balaban J connectivity index is 2.00. The molecule has 0 saturated carbocycles. The topological polar surface area (TPSA) is 86.8 Å². The fourth-order valence-electron chi connectivity index (χ4n) is 3.55. The van der Waals surface area contributed by atoms with Gasteiger partial charge in [0.25, 0.3) is 10.0 Å². The van der Waals surface area contributed by atoms with Crippen LogP contribution in [0.5, 0.6) is 0 Å². The minimum Gasteiger partial charge on any atom is -0.355 e. The van der Waals surface area contributed by atoms with Gasteiger partial charge in [0.2, 0.25) is 11.8 Å². The summed E-state index contributed by atoms with van der Waals surface area (Å²) in [6.45, 7) is 3.46. The van der Waals surface area contributed by atoms with Gasteiger partial charge in [0.05, 0.1) is 10.6 Å². The number of carbonyl (C=O) groups excluding carboxylic acids is 2. The van der Waals surface area contributed by atoms with Gasteiger partial charge in [0.15, 0.2) is 0 Å². The van der Waals surface area contributed by atoms with E-state index >= 15 is 0 Å². The summed E-state index contributed by atoms with van der Waals surface area (Å²) >= 11 is 8.13. The van der Waals surface area contributed by atoms with E-state index in [0.717, 1.165) is 13.4 Å². The molecule has 10 heteroatoms. The summed E-state index contributed by atoms with van der Waals surface area (Å²) in [7, 11) is -4.06. The molecule has 0 aliphatic carbocycles. The lowest BCUT2D eigenvalue weighted by Crippen LogP contribution is -2.51. The van der Waals surface area contributed by atoms with E-state index in [9.17, 15) is 18.0 Å². The summed E-state index contributed by atoms with van der Waals surface area (Å²) in [5.74, 6) is -0.840. The number of nitrogens with zero attached hydrogens (tertiary/aromatic N) is 2. The molecule has 0 radical (unpaired) electrons. The van der Waals surface area contributed by atoms with Crippen LogP contribution in [0.25, 0.3) is 0 Å². The van der Waals surface area contributed by atoms with Crippen molar-refractivity contribution in [1.82, 2.24) is 10.2 Å². The predicted octanol–water partition coefficient (Wildman–Crippen LogP) is 4.69. The lowest BCUT2D eigenvalue weighted by Gasteiger charge is -2.32. The Kier molecular flexibility index (Phi) is 9.75. The molecular formula is C26H27ClIN3O4S. The van der Waals surface area contributed by atoms with Crippen LogP contribution in [-0.2, 0) is 26.2 Å². The highest BCUT2D eigenvalue weighted by molar-refractivity contribution is 14.1. The highest BCUT2D eigenvalue weighted by atomic mass is 127. The molecule has 0 bridgehead atoms. The van der Waals surface area contributed by atoms with E-state index in [0.29, 0.717) is 17.3 Å². The number of nitrogens with one attached hydrogen (secondary N) is 1. The molecule has 0 spiro atoms. The van der Waals surface area contributed by atoms with Crippen molar-refractivity contribution < 1.29 is 18.0 Å². The number of likely N-dealkylation sites (N-methyl/N-ethyl adjacent to an activating group) is 1. The van der Waals surface area contributed by atoms with Crippen molar-refractivity contribution in [3.05, 3.63) is 93.0 Å². The molecule has 1 atom stereocenters. The molecule has 3 aromatic rings. The van der Waals surface area contributed by atoms with Gasteiger partial charge >= 0.3 is 0 Å². The number of rotatable bonds is 10. The van der Waals surface area contributed by atoms with Crippen molar-refractivity contribution in [2.75, 3.05) is 17.4 Å². The fraction of sp³-hybridized carbons (Fsp3) is 0.231. The normalized spacial score (nSPS) is 12.0. The Morgan fingerprint density at radius 1 is 0.972 bits per heavy atom. The molecule has 190 valence electrons. The van der Waals surface area contributed by atoms with E-state index in [2.05, 4.69) is 27.9 Å². The maximum Gasteiger partial charge on any atom is 0.264 e. The van der Waals surface area contributed by atoms with Gasteiger partial charge in [-0.25, -0.2) is 8.42 Å². The van der Waals surface area contributed by atoms with Gasteiger partial charge in [0, 0.05) is 21.7 Å². The fourth-order valence-corrected chi connectivity index (χ4v) is 5.47. The second kappa shape index (κ2) is 12.6. The first-order valence-electron chi connectivity index (χ1n) is 11.3. The number of carbonyl (C=O) groups is 2. The summed E-state index contributed by atoms with van der Waals surface area (Å²) < 4.78 is 29.3. The number of benzene rings is 3. The van der Waals surface area contributed by atoms with Crippen LogP contribution in [0.3, 0.4) is 0 Å². The maximum atomic E-state index is 13.7. The van der Waals surface area contributed by atoms with Crippen LogP contribution in [-0.4, -0.2) is 44.3 Å². The van der Waals surface area contributed by atoms with Crippen molar-refractivity contribution in [2.45, 2.75) is 31.3 Å². The summed E-state index contributed by atoms with van der Waals surface area (Å²) in [4.78, 5) is 27.8. The second-order valence-corrected chi connectivity index (χ2v) is 11.6. The number of sulfonamides is 1. The van der Waals surface area contributed by atoms with E-state index in [1.807, 2.05) is 0 Å². The van der Waals surface area contributed by atoms with Gasteiger partial charge in [-0.1, -0.05) is 41.9 Å². The Morgan fingerprint density at radius 2 is 1.58 bits per heavy atom. The number of halogens is 2. The van der Waals surface area contributed by atoms with Crippen LogP contribution in [0.1, 0.15) is 19.4 Å². The molecule has 0 fully saturated rings. The lowest BCUT2D eigenvalue weighted by molar-refractivity contribution is -0.139. The molecule has 7 nitrogen and oxygen atoms in total.